The van der Waals surface area contributed by atoms with Crippen LogP contribution in [0.2, 0.25) is 0 Å². The van der Waals surface area contributed by atoms with E-state index in [9.17, 15) is 13.2 Å². The van der Waals surface area contributed by atoms with Gasteiger partial charge < -0.3 is 5.32 Å². The van der Waals surface area contributed by atoms with Crippen molar-refractivity contribution in [2.75, 3.05) is 7.05 Å². The molecule has 1 aromatic rings. The Morgan fingerprint density at radius 3 is 2.07 bits per heavy atom. The Morgan fingerprint density at radius 2 is 1.73 bits per heavy atom. The third-order valence-corrected chi connectivity index (χ3v) is 2.40. The quantitative estimate of drug-likeness (QED) is 0.818. The Hall–Kier alpha value is -1.03. The third-order valence-electron chi connectivity index (χ3n) is 2.40. The van der Waals surface area contributed by atoms with Gasteiger partial charge in [0.2, 0.25) is 0 Å². The minimum atomic E-state index is -4.25. The molecule has 1 unspecified atom stereocenters. The average molecular weight is 217 g/mol. The van der Waals surface area contributed by atoms with Crippen molar-refractivity contribution in [3.63, 3.8) is 0 Å². The predicted molar refractivity (Wildman–Crippen MR) is 53.5 cm³/mol. The molecule has 0 spiro atoms. The van der Waals surface area contributed by atoms with E-state index in [-0.39, 0.29) is 6.04 Å². The van der Waals surface area contributed by atoms with E-state index in [2.05, 4.69) is 5.32 Å². The topological polar surface area (TPSA) is 12.0 Å². The van der Waals surface area contributed by atoms with Crippen molar-refractivity contribution in [3.05, 3.63) is 35.4 Å². The summed E-state index contributed by atoms with van der Waals surface area (Å²) in [6, 6.07) is 5.40. The van der Waals surface area contributed by atoms with Crippen LogP contribution in [0.5, 0.6) is 0 Å². The van der Waals surface area contributed by atoms with Crippen LogP contribution in [0.15, 0.2) is 24.3 Å². The van der Waals surface area contributed by atoms with E-state index in [0.29, 0.717) is 0 Å². The van der Waals surface area contributed by atoms with Gasteiger partial charge >= 0.3 is 6.18 Å². The summed E-state index contributed by atoms with van der Waals surface area (Å²) in [5.74, 6) is 0. The van der Waals surface area contributed by atoms with Gasteiger partial charge in [0.1, 0.15) is 0 Å². The van der Waals surface area contributed by atoms with Crippen molar-refractivity contribution in [2.24, 2.45) is 0 Å². The molecule has 1 rings (SSSR count). The largest absolute Gasteiger partial charge is 0.416 e. The molecule has 0 saturated carbocycles. The molecule has 0 amide bonds. The predicted octanol–water partition coefficient (Wildman–Crippen LogP) is 3.38. The van der Waals surface area contributed by atoms with Gasteiger partial charge in [-0.1, -0.05) is 19.1 Å². The maximum absolute atomic E-state index is 12.3. The summed E-state index contributed by atoms with van der Waals surface area (Å²) >= 11 is 0. The molecule has 0 aliphatic heterocycles. The fourth-order valence-corrected chi connectivity index (χ4v) is 1.51. The van der Waals surface area contributed by atoms with Gasteiger partial charge in [0.05, 0.1) is 5.56 Å². The fourth-order valence-electron chi connectivity index (χ4n) is 1.51. The maximum atomic E-state index is 12.3. The van der Waals surface area contributed by atoms with Crippen molar-refractivity contribution >= 4 is 0 Å². The smallest absolute Gasteiger partial charge is 0.313 e. The molecule has 0 aliphatic rings. The van der Waals surface area contributed by atoms with Crippen LogP contribution in [0.4, 0.5) is 13.2 Å². The van der Waals surface area contributed by atoms with Crippen LogP contribution in [-0.2, 0) is 6.18 Å². The Morgan fingerprint density at radius 1 is 1.20 bits per heavy atom. The third kappa shape index (κ3) is 2.96. The highest BCUT2D eigenvalue weighted by molar-refractivity contribution is 5.26. The monoisotopic (exact) mass is 217 g/mol. The molecule has 0 saturated heterocycles. The number of halogens is 3. The first-order valence-electron chi connectivity index (χ1n) is 4.83. The Balaban J connectivity index is 2.89. The lowest BCUT2D eigenvalue weighted by Gasteiger charge is -2.15. The molecule has 15 heavy (non-hydrogen) atoms. The minimum Gasteiger partial charge on any atom is -0.313 e. The molecule has 0 bridgehead atoms. The van der Waals surface area contributed by atoms with E-state index in [1.807, 2.05) is 6.92 Å². The lowest BCUT2D eigenvalue weighted by atomic mass is 10.0. The van der Waals surface area contributed by atoms with Crippen molar-refractivity contribution < 1.29 is 13.2 Å². The molecule has 1 N–H and O–H groups in total. The molecule has 0 heterocycles. The first kappa shape index (κ1) is 12.0. The van der Waals surface area contributed by atoms with Crippen LogP contribution in [0.3, 0.4) is 0 Å². The van der Waals surface area contributed by atoms with E-state index >= 15 is 0 Å². The van der Waals surface area contributed by atoms with E-state index < -0.39 is 11.7 Å². The van der Waals surface area contributed by atoms with Crippen LogP contribution in [0, 0.1) is 0 Å². The van der Waals surface area contributed by atoms with Crippen LogP contribution >= 0.6 is 0 Å². The number of benzene rings is 1. The van der Waals surface area contributed by atoms with Crippen molar-refractivity contribution in [1.29, 1.82) is 0 Å². The van der Waals surface area contributed by atoms with Crippen LogP contribution < -0.4 is 5.32 Å². The summed E-state index contributed by atoms with van der Waals surface area (Å²) in [5, 5.41) is 3.04. The van der Waals surface area contributed by atoms with E-state index in [1.165, 1.54) is 12.1 Å². The SMILES string of the molecule is CCC(NC)c1ccc(C(F)(F)F)cc1. The summed E-state index contributed by atoms with van der Waals surface area (Å²) in [5.41, 5.74) is 0.283. The molecule has 1 aromatic carbocycles. The lowest BCUT2D eigenvalue weighted by Crippen LogP contribution is -2.15. The van der Waals surface area contributed by atoms with E-state index in [0.717, 1.165) is 24.1 Å². The summed E-state index contributed by atoms with van der Waals surface area (Å²) in [6.07, 6.45) is -3.40. The van der Waals surface area contributed by atoms with Gasteiger partial charge in [0.15, 0.2) is 0 Å². The average Bonchev–Trinajstić information content (AvgIpc) is 2.19. The number of alkyl halides is 3. The van der Waals surface area contributed by atoms with E-state index in [1.54, 1.807) is 7.05 Å². The maximum Gasteiger partial charge on any atom is 0.416 e. The highest BCUT2D eigenvalue weighted by Crippen LogP contribution is 2.30. The van der Waals surface area contributed by atoms with Crippen molar-refractivity contribution in [2.45, 2.75) is 25.6 Å². The Labute approximate surface area is 87.3 Å². The van der Waals surface area contributed by atoms with Crippen molar-refractivity contribution in [1.82, 2.24) is 5.32 Å². The van der Waals surface area contributed by atoms with Gasteiger partial charge in [-0.25, -0.2) is 0 Å². The minimum absolute atomic E-state index is 0.118. The first-order valence-corrected chi connectivity index (χ1v) is 4.83. The molecule has 0 radical (unpaired) electrons. The standard InChI is InChI=1S/C11H14F3N/c1-3-10(15-2)8-4-6-9(7-5-8)11(12,13)14/h4-7,10,15H,3H2,1-2H3. The molecule has 0 fully saturated rings. The molecule has 84 valence electrons. The second kappa shape index (κ2) is 4.66. The molecule has 0 aliphatic carbocycles. The molecule has 4 heteroatoms. The van der Waals surface area contributed by atoms with Gasteiger partial charge in [0.25, 0.3) is 0 Å². The lowest BCUT2D eigenvalue weighted by molar-refractivity contribution is -0.137. The first-order chi connectivity index (χ1) is 6.99. The highest BCUT2D eigenvalue weighted by atomic mass is 19.4. The van der Waals surface area contributed by atoms with E-state index in [4.69, 9.17) is 0 Å². The molecule has 0 aromatic heterocycles. The summed E-state index contributed by atoms with van der Waals surface area (Å²) in [6.45, 7) is 1.98. The van der Waals surface area contributed by atoms with Gasteiger partial charge in [0, 0.05) is 6.04 Å². The Kier molecular flexibility index (Phi) is 3.74. The van der Waals surface area contributed by atoms with Crippen LogP contribution in [0.25, 0.3) is 0 Å². The summed E-state index contributed by atoms with van der Waals surface area (Å²) < 4.78 is 36.8. The summed E-state index contributed by atoms with van der Waals surface area (Å²) in [4.78, 5) is 0. The molecule has 1 nitrogen and oxygen atoms in total. The van der Waals surface area contributed by atoms with Gasteiger partial charge in [-0.2, -0.15) is 13.2 Å². The number of hydrogen-bond donors (Lipinski definition) is 1. The van der Waals surface area contributed by atoms with Gasteiger partial charge in [-0.15, -0.1) is 0 Å². The second-order valence-corrected chi connectivity index (χ2v) is 3.37. The summed E-state index contributed by atoms with van der Waals surface area (Å²) in [7, 11) is 1.80. The van der Waals surface area contributed by atoms with Gasteiger partial charge in [-0.3, -0.25) is 0 Å². The highest BCUT2D eigenvalue weighted by Gasteiger charge is 2.30. The zero-order valence-corrected chi connectivity index (χ0v) is 8.73. The second-order valence-electron chi connectivity index (χ2n) is 3.37. The zero-order chi connectivity index (χ0) is 11.5. The number of hydrogen-bond acceptors (Lipinski definition) is 1. The molecular formula is C11H14F3N. The van der Waals surface area contributed by atoms with Gasteiger partial charge in [-0.05, 0) is 31.2 Å². The van der Waals surface area contributed by atoms with Crippen LogP contribution in [-0.4, -0.2) is 7.05 Å². The molecule has 1 atom stereocenters. The molecular weight excluding hydrogens is 203 g/mol. The Bertz CT molecular complexity index is 299. The van der Waals surface area contributed by atoms with Crippen LogP contribution in [0.1, 0.15) is 30.5 Å². The fraction of sp³-hybridized carbons (Fsp3) is 0.455. The number of nitrogens with one attached hydrogen (secondary N) is 1. The zero-order valence-electron chi connectivity index (χ0n) is 8.73. The van der Waals surface area contributed by atoms with Crippen molar-refractivity contribution in [3.8, 4) is 0 Å². The number of rotatable bonds is 3. The normalized spacial score (nSPS) is 13.9.